The van der Waals surface area contributed by atoms with Gasteiger partial charge in [-0.1, -0.05) is 41.4 Å². The van der Waals surface area contributed by atoms with Gasteiger partial charge in [0.05, 0.1) is 30.9 Å². The summed E-state index contributed by atoms with van der Waals surface area (Å²) in [5, 5.41) is 0.00551. The summed E-state index contributed by atoms with van der Waals surface area (Å²) < 4.78 is 25.0. The summed E-state index contributed by atoms with van der Waals surface area (Å²) in [6.45, 7) is 4.25. The zero-order chi connectivity index (χ0) is 18.5. The van der Waals surface area contributed by atoms with E-state index in [-0.39, 0.29) is 22.6 Å². The zero-order valence-corrected chi connectivity index (χ0v) is 15.3. The normalized spacial score (nSPS) is 17.3. The van der Waals surface area contributed by atoms with Crippen molar-refractivity contribution in [3.63, 3.8) is 0 Å². The number of carbonyl (C=O) groups is 1. The van der Waals surface area contributed by atoms with Gasteiger partial charge in [-0.25, -0.2) is 4.39 Å². The first kappa shape index (κ1) is 18.8. The van der Waals surface area contributed by atoms with E-state index >= 15 is 0 Å². The van der Waals surface area contributed by atoms with Crippen molar-refractivity contribution in [3.8, 4) is 0 Å². The second kappa shape index (κ2) is 8.62. The molecule has 0 spiro atoms. The van der Waals surface area contributed by atoms with Gasteiger partial charge in [-0.15, -0.1) is 0 Å². The van der Waals surface area contributed by atoms with Crippen molar-refractivity contribution in [2.24, 2.45) is 0 Å². The molecule has 138 valence electrons. The molecule has 0 bridgehead atoms. The van der Waals surface area contributed by atoms with Crippen LogP contribution in [0.15, 0.2) is 42.5 Å². The molecule has 26 heavy (non-hydrogen) atoms. The van der Waals surface area contributed by atoms with Gasteiger partial charge in [-0.2, -0.15) is 0 Å². The van der Waals surface area contributed by atoms with Crippen LogP contribution in [-0.2, 0) is 16.1 Å². The standard InChI is InChI=1S/C20H21ClFNO3/c1-14-3-2-4-15(9-14)12-25-13-17-11-23(7-8-26-17)20(24)16-5-6-18(21)19(22)10-16/h2-6,9-10,17H,7-8,11-13H2,1H3. The minimum atomic E-state index is -0.594. The van der Waals surface area contributed by atoms with Crippen LogP contribution in [0, 0.1) is 12.7 Å². The predicted octanol–water partition coefficient (Wildman–Crippen LogP) is 3.85. The van der Waals surface area contributed by atoms with E-state index in [1.807, 2.05) is 25.1 Å². The lowest BCUT2D eigenvalue weighted by molar-refractivity contribution is -0.0647. The minimum Gasteiger partial charge on any atom is -0.374 e. The topological polar surface area (TPSA) is 38.8 Å². The van der Waals surface area contributed by atoms with Gasteiger partial charge in [0.1, 0.15) is 5.82 Å². The first-order valence-corrected chi connectivity index (χ1v) is 8.90. The Bertz CT molecular complexity index is 783. The second-order valence-corrected chi connectivity index (χ2v) is 6.78. The Morgan fingerprint density at radius 1 is 1.35 bits per heavy atom. The highest BCUT2D eigenvalue weighted by molar-refractivity contribution is 6.30. The van der Waals surface area contributed by atoms with Crippen LogP contribution in [-0.4, -0.2) is 43.2 Å². The molecule has 0 radical (unpaired) electrons. The number of morpholine rings is 1. The summed E-state index contributed by atoms with van der Waals surface area (Å²) in [4.78, 5) is 14.2. The number of nitrogens with zero attached hydrogens (tertiary/aromatic N) is 1. The third-order valence-corrected chi connectivity index (χ3v) is 4.55. The highest BCUT2D eigenvalue weighted by Crippen LogP contribution is 2.18. The maximum absolute atomic E-state index is 13.6. The van der Waals surface area contributed by atoms with Crippen LogP contribution in [0.4, 0.5) is 4.39 Å². The monoisotopic (exact) mass is 377 g/mol. The number of ether oxygens (including phenoxy) is 2. The molecule has 1 aliphatic heterocycles. The Morgan fingerprint density at radius 3 is 2.96 bits per heavy atom. The fraction of sp³-hybridized carbons (Fsp3) is 0.350. The Kier molecular flexibility index (Phi) is 6.25. The molecule has 4 nitrogen and oxygen atoms in total. The maximum atomic E-state index is 13.6. The Hall–Kier alpha value is -1.95. The minimum absolute atomic E-state index is 0.00551. The second-order valence-electron chi connectivity index (χ2n) is 6.38. The van der Waals surface area contributed by atoms with Gasteiger partial charge in [0, 0.05) is 18.7 Å². The number of benzene rings is 2. The Balaban J connectivity index is 1.53. The largest absolute Gasteiger partial charge is 0.374 e. The van der Waals surface area contributed by atoms with E-state index in [0.717, 1.165) is 5.56 Å². The van der Waals surface area contributed by atoms with Crippen LogP contribution in [0.1, 0.15) is 21.5 Å². The predicted molar refractivity (Wildman–Crippen MR) is 97.9 cm³/mol. The van der Waals surface area contributed by atoms with Crippen LogP contribution in [0.3, 0.4) is 0 Å². The van der Waals surface area contributed by atoms with E-state index in [1.165, 1.54) is 23.8 Å². The molecule has 1 unspecified atom stereocenters. The van der Waals surface area contributed by atoms with Gasteiger partial charge < -0.3 is 14.4 Å². The summed E-state index contributed by atoms with van der Waals surface area (Å²) >= 11 is 5.68. The number of aryl methyl sites for hydroxylation is 1. The lowest BCUT2D eigenvalue weighted by Gasteiger charge is -2.33. The van der Waals surface area contributed by atoms with E-state index in [1.54, 1.807) is 4.90 Å². The molecule has 3 rings (SSSR count). The van der Waals surface area contributed by atoms with E-state index in [4.69, 9.17) is 21.1 Å². The molecular weight excluding hydrogens is 357 g/mol. The SMILES string of the molecule is Cc1cccc(COCC2CN(C(=O)c3ccc(Cl)c(F)c3)CCO2)c1. The van der Waals surface area contributed by atoms with Gasteiger partial charge in [-0.3, -0.25) is 4.79 Å². The quantitative estimate of drug-likeness (QED) is 0.794. The number of halogens is 2. The van der Waals surface area contributed by atoms with Crippen molar-refractivity contribution in [2.45, 2.75) is 19.6 Å². The number of amides is 1. The van der Waals surface area contributed by atoms with Crippen molar-refractivity contribution >= 4 is 17.5 Å². The summed E-state index contributed by atoms with van der Waals surface area (Å²) in [7, 11) is 0. The van der Waals surface area contributed by atoms with Crippen LogP contribution in [0.25, 0.3) is 0 Å². The van der Waals surface area contributed by atoms with Gasteiger partial charge in [0.25, 0.3) is 5.91 Å². The zero-order valence-electron chi connectivity index (χ0n) is 14.6. The number of hydrogen-bond acceptors (Lipinski definition) is 3. The van der Waals surface area contributed by atoms with Crippen molar-refractivity contribution in [1.82, 2.24) is 4.90 Å². The van der Waals surface area contributed by atoms with Crippen molar-refractivity contribution < 1.29 is 18.7 Å². The average molecular weight is 378 g/mol. The highest BCUT2D eigenvalue weighted by Gasteiger charge is 2.25. The summed E-state index contributed by atoms with van der Waals surface area (Å²) in [5.41, 5.74) is 2.57. The van der Waals surface area contributed by atoms with Crippen LogP contribution < -0.4 is 0 Å². The molecule has 0 saturated carbocycles. The van der Waals surface area contributed by atoms with Gasteiger partial charge in [-0.05, 0) is 30.7 Å². The molecule has 2 aromatic rings. The Morgan fingerprint density at radius 2 is 2.19 bits per heavy atom. The highest BCUT2D eigenvalue weighted by atomic mass is 35.5. The molecule has 6 heteroatoms. The fourth-order valence-electron chi connectivity index (χ4n) is 2.93. The van der Waals surface area contributed by atoms with Crippen LogP contribution >= 0.6 is 11.6 Å². The first-order chi connectivity index (χ1) is 12.5. The van der Waals surface area contributed by atoms with E-state index in [0.29, 0.717) is 32.9 Å². The molecule has 0 aromatic heterocycles. The fourth-order valence-corrected chi connectivity index (χ4v) is 3.04. The Labute approximate surface area is 157 Å². The van der Waals surface area contributed by atoms with Crippen LogP contribution in [0.5, 0.6) is 0 Å². The number of hydrogen-bond donors (Lipinski definition) is 0. The molecule has 2 aromatic carbocycles. The van der Waals surface area contributed by atoms with Crippen molar-refractivity contribution in [2.75, 3.05) is 26.3 Å². The van der Waals surface area contributed by atoms with Gasteiger partial charge in [0.15, 0.2) is 0 Å². The molecule has 0 N–H and O–H groups in total. The summed E-state index contributed by atoms with van der Waals surface area (Å²) in [5.74, 6) is -0.823. The van der Waals surface area contributed by atoms with Gasteiger partial charge in [0.2, 0.25) is 0 Å². The average Bonchev–Trinajstić information content (AvgIpc) is 2.64. The molecular formula is C20H21ClFNO3. The first-order valence-electron chi connectivity index (χ1n) is 8.52. The van der Waals surface area contributed by atoms with E-state index in [9.17, 15) is 9.18 Å². The molecule has 1 aliphatic rings. The third-order valence-electron chi connectivity index (χ3n) is 4.25. The molecule has 1 atom stereocenters. The van der Waals surface area contributed by atoms with Crippen LogP contribution in [0.2, 0.25) is 5.02 Å². The van der Waals surface area contributed by atoms with Crippen molar-refractivity contribution in [1.29, 1.82) is 0 Å². The number of carbonyl (C=O) groups excluding carboxylic acids is 1. The molecule has 0 aliphatic carbocycles. The lowest BCUT2D eigenvalue weighted by atomic mass is 10.1. The van der Waals surface area contributed by atoms with Crippen molar-refractivity contribution in [3.05, 3.63) is 70.0 Å². The van der Waals surface area contributed by atoms with Gasteiger partial charge >= 0.3 is 0 Å². The molecule has 1 saturated heterocycles. The molecule has 1 heterocycles. The lowest BCUT2D eigenvalue weighted by Crippen LogP contribution is -2.47. The maximum Gasteiger partial charge on any atom is 0.254 e. The van der Waals surface area contributed by atoms with E-state index < -0.39 is 5.82 Å². The molecule has 1 amide bonds. The van der Waals surface area contributed by atoms with E-state index in [2.05, 4.69) is 6.07 Å². The molecule has 1 fully saturated rings. The number of rotatable bonds is 5. The third kappa shape index (κ3) is 4.81. The summed E-state index contributed by atoms with van der Waals surface area (Å²) in [6, 6.07) is 12.2. The smallest absolute Gasteiger partial charge is 0.254 e. The summed E-state index contributed by atoms with van der Waals surface area (Å²) in [6.07, 6.45) is -0.199.